The van der Waals surface area contributed by atoms with Gasteiger partial charge >= 0.3 is 0 Å². The van der Waals surface area contributed by atoms with E-state index in [4.69, 9.17) is 9.84 Å². The first-order valence-corrected chi connectivity index (χ1v) is 5.35. The number of nitrogens with one attached hydrogen (secondary N) is 2. The summed E-state index contributed by atoms with van der Waals surface area (Å²) in [5, 5.41) is 15.1. The Morgan fingerprint density at radius 1 is 1.73 bits per heavy atom. The van der Waals surface area contributed by atoms with Crippen molar-refractivity contribution in [3.05, 3.63) is 0 Å². The third-order valence-electron chi connectivity index (χ3n) is 2.79. The lowest BCUT2D eigenvalue weighted by atomic mass is 9.99. The molecule has 88 valence electrons. The van der Waals surface area contributed by atoms with E-state index < -0.39 is 5.54 Å². The molecule has 1 rings (SSSR count). The first-order chi connectivity index (χ1) is 7.11. The van der Waals surface area contributed by atoms with Gasteiger partial charge in [-0.05, 0) is 13.3 Å². The van der Waals surface area contributed by atoms with Crippen LogP contribution in [0.3, 0.4) is 0 Å². The Hall–Kier alpha value is -0.650. The molecule has 1 fully saturated rings. The number of morpholine rings is 1. The van der Waals surface area contributed by atoms with E-state index >= 15 is 0 Å². The molecule has 0 aromatic carbocycles. The second-order valence-electron chi connectivity index (χ2n) is 4.14. The Morgan fingerprint density at radius 3 is 2.93 bits per heavy atom. The van der Waals surface area contributed by atoms with Gasteiger partial charge in [-0.2, -0.15) is 0 Å². The summed E-state index contributed by atoms with van der Waals surface area (Å²) in [5.41, 5.74) is -0.532. The number of hydrogen-bond donors (Lipinski definition) is 3. The van der Waals surface area contributed by atoms with Crippen LogP contribution in [0.5, 0.6) is 0 Å². The number of hydrogen-bond acceptors (Lipinski definition) is 4. The van der Waals surface area contributed by atoms with Crippen LogP contribution in [0, 0.1) is 0 Å². The van der Waals surface area contributed by atoms with Gasteiger partial charge in [-0.3, -0.25) is 4.79 Å². The van der Waals surface area contributed by atoms with Crippen LogP contribution in [0.25, 0.3) is 0 Å². The summed E-state index contributed by atoms with van der Waals surface area (Å²) < 4.78 is 5.20. The zero-order valence-corrected chi connectivity index (χ0v) is 9.38. The summed E-state index contributed by atoms with van der Waals surface area (Å²) in [7, 11) is 0. The van der Waals surface area contributed by atoms with Crippen LogP contribution in [0.2, 0.25) is 0 Å². The van der Waals surface area contributed by atoms with Gasteiger partial charge in [0.15, 0.2) is 0 Å². The van der Waals surface area contributed by atoms with Crippen molar-refractivity contribution < 1.29 is 14.6 Å². The van der Waals surface area contributed by atoms with Gasteiger partial charge in [-0.15, -0.1) is 0 Å². The minimum absolute atomic E-state index is 0.0528. The van der Waals surface area contributed by atoms with Crippen molar-refractivity contribution in [3.63, 3.8) is 0 Å². The maximum absolute atomic E-state index is 11.8. The summed E-state index contributed by atoms with van der Waals surface area (Å²) in [6.45, 7) is 5.45. The first kappa shape index (κ1) is 12.4. The molecule has 1 heterocycles. The molecule has 0 spiro atoms. The highest BCUT2D eigenvalue weighted by Gasteiger charge is 2.28. The van der Waals surface area contributed by atoms with Crippen LogP contribution in [-0.4, -0.2) is 49.0 Å². The van der Waals surface area contributed by atoms with Crippen LogP contribution < -0.4 is 10.6 Å². The summed E-state index contributed by atoms with van der Waals surface area (Å²) in [5.74, 6) is -0.104. The number of carbonyl (C=O) groups excluding carboxylic acids is 1. The molecular formula is C10H20N2O3. The van der Waals surface area contributed by atoms with E-state index in [0.29, 0.717) is 26.2 Å². The van der Waals surface area contributed by atoms with Gasteiger partial charge < -0.3 is 20.5 Å². The van der Waals surface area contributed by atoms with Crippen molar-refractivity contribution in [1.29, 1.82) is 0 Å². The molecule has 1 aliphatic rings. The fourth-order valence-corrected chi connectivity index (χ4v) is 1.36. The maximum Gasteiger partial charge on any atom is 0.240 e. The quantitative estimate of drug-likeness (QED) is 0.578. The number of aliphatic hydroxyl groups is 1. The molecule has 15 heavy (non-hydrogen) atoms. The molecule has 0 bridgehead atoms. The Morgan fingerprint density at radius 2 is 2.47 bits per heavy atom. The minimum Gasteiger partial charge on any atom is -0.394 e. The molecule has 5 nitrogen and oxygen atoms in total. The van der Waals surface area contributed by atoms with Gasteiger partial charge in [-0.1, -0.05) is 6.92 Å². The molecule has 1 amide bonds. The van der Waals surface area contributed by atoms with Crippen molar-refractivity contribution in [2.45, 2.75) is 31.8 Å². The lowest BCUT2D eigenvalue weighted by Crippen LogP contribution is -2.57. The fourth-order valence-electron chi connectivity index (χ4n) is 1.36. The molecule has 3 N–H and O–H groups in total. The zero-order valence-electron chi connectivity index (χ0n) is 9.38. The average molecular weight is 216 g/mol. The molecule has 1 aliphatic heterocycles. The van der Waals surface area contributed by atoms with E-state index in [2.05, 4.69) is 10.6 Å². The second-order valence-corrected chi connectivity index (χ2v) is 4.14. The number of aliphatic hydroxyl groups excluding tert-OH is 1. The summed E-state index contributed by atoms with van der Waals surface area (Å²) in [4.78, 5) is 11.8. The molecule has 0 aromatic rings. The molecule has 2 atom stereocenters. The molecule has 5 heteroatoms. The van der Waals surface area contributed by atoms with E-state index in [1.54, 1.807) is 0 Å². The molecule has 0 radical (unpaired) electrons. The van der Waals surface area contributed by atoms with E-state index in [9.17, 15) is 4.79 Å². The molecule has 0 aromatic heterocycles. The van der Waals surface area contributed by atoms with Gasteiger partial charge in [0.05, 0.1) is 25.4 Å². The predicted molar refractivity (Wildman–Crippen MR) is 56.5 cm³/mol. The summed E-state index contributed by atoms with van der Waals surface area (Å²) in [6.07, 6.45) is 0.697. The van der Waals surface area contributed by atoms with Crippen molar-refractivity contribution in [1.82, 2.24) is 10.6 Å². The average Bonchev–Trinajstić information content (AvgIpc) is 2.30. The number of carbonyl (C=O) groups is 1. The standard InChI is InChI=1S/C10H20N2O3/c1-3-10(2,7-13)12-9(14)8-6-15-5-4-11-8/h8,11,13H,3-7H2,1-2H3,(H,12,14). The smallest absolute Gasteiger partial charge is 0.240 e. The molecule has 1 saturated heterocycles. The van der Waals surface area contributed by atoms with Gasteiger partial charge in [0.2, 0.25) is 5.91 Å². The monoisotopic (exact) mass is 216 g/mol. The van der Waals surface area contributed by atoms with E-state index in [-0.39, 0.29) is 18.6 Å². The Bertz CT molecular complexity index is 211. The van der Waals surface area contributed by atoms with Crippen LogP contribution >= 0.6 is 0 Å². The Labute approximate surface area is 90.2 Å². The van der Waals surface area contributed by atoms with Crippen LogP contribution in [0.15, 0.2) is 0 Å². The normalized spacial score (nSPS) is 25.7. The summed E-state index contributed by atoms with van der Waals surface area (Å²) >= 11 is 0. The predicted octanol–water partition coefficient (Wildman–Crippen LogP) is -0.748. The molecule has 0 aliphatic carbocycles. The SMILES string of the molecule is CCC(C)(CO)NC(=O)C1COCCN1. The number of rotatable bonds is 4. The lowest BCUT2D eigenvalue weighted by molar-refractivity contribution is -0.128. The first-order valence-electron chi connectivity index (χ1n) is 5.35. The van der Waals surface area contributed by atoms with Crippen molar-refractivity contribution in [2.24, 2.45) is 0 Å². The van der Waals surface area contributed by atoms with Crippen molar-refractivity contribution >= 4 is 5.91 Å². The lowest BCUT2D eigenvalue weighted by Gasteiger charge is -2.31. The van der Waals surface area contributed by atoms with Gasteiger partial charge in [0.1, 0.15) is 6.04 Å². The minimum atomic E-state index is -0.532. The fraction of sp³-hybridized carbons (Fsp3) is 0.900. The third kappa shape index (κ3) is 3.44. The van der Waals surface area contributed by atoms with Gasteiger partial charge in [-0.25, -0.2) is 0 Å². The van der Waals surface area contributed by atoms with Crippen molar-refractivity contribution in [3.8, 4) is 0 Å². The highest BCUT2D eigenvalue weighted by Crippen LogP contribution is 2.08. The molecule has 0 saturated carbocycles. The van der Waals surface area contributed by atoms with E-state index in [0.717, 1.165) is 0 Å². The highest BCUT2D eigenvalue weighted by atomic mass is 16.5. The highest BCUT2D eigenvalue weighted by molar-refractivity contribution is 5.82. The van der Waals surface area contributed by atoms with Crippen molar-refractivity contribution in [2.75, 3.05) is 26.4 Å². The maximum atomic E-state index is 11.8. The second kappa shape index (κ2) is 5.44. The van der Waals surface area contributed by atoms with E-state index in [1.807, 2.05) is 13.8 Å². The molecular weight excluding hydrogens is 196 g/mol. The van der Waals surface area contributed by atoms with Gasteiger partial charge in [0, 0.05) is 6.54 Å². The van der Waals surface area contributed by atoms with Crippen LogP contribution in [0.4, 0.5) is 0 Å². The molecule has 2 unspecified atom stereocenters. The summed E-state index contributed by atoms with van der Waals surface area (Å²) in [6, 6.07) is -0.295. The largest absolute Gasteiger partial charge is 0.394 e. The Balaban J connectivity index is 2.46. The van der Waals surface area contributed by atoms with Crippen LogP contribution in [-0.2, 0) is 9.53 Å². The Kier molecular flexibility index (Phi) is 4.50. The van der Waals surface area contributed by atoms with Gasteiger partial charge in [0.25, 0.3) is 0 Å². The number of amides is 1. The van der Waals surface area contributed by atoms with E-state index in [1.165, 1.54) is 0 Å². The van der Waals surface area contributed by atoms with Crippen LogP contribution in [0.1, 0.15) is 20.3 Å². The number of ether oxygens (including phenoxy) is 1. The third-order valence-corrected chi connectivity index (χ3v) is 2.79. The topological polar surface area (TPSA) is 70.6 Å². The zero-order chi connectivity index (χ0) is 11.3.